The van der Waals surface area contributed by atoms with Crippen molar-refractivity contribution in [1.29, 1.82) is 0 Å². The van der Waals surface area contributed by atoms with E-state index in [1.54, 1.807) is 18.2 Å². The lowest BCUT2D eigenvalue weighted by Gasteiger charge is -2.08. The van der Waals surface area contributed by atoms with Gasteiger partial charge in [0, 0.05) is 5.02 Å². The first-order valence-corrected chi connectivity index (χ1v) is 4.89. The Morgan fingerprint density at radius 3 is 2.50 bits per heavy atom. The van der Waals surface area contributed by atoms with Gasteiger partial charge in [0.2, 0.25) is 5.60 Å². The molecule has 1 aromatic carbocycles. The normalized spacial score (nSPS) is 27.4. The summed E-state index contributed by atoms with van der Waals surface area (Å²) in [7, 11) is 0. The molecule has 2 rings (SSSR count). The molecule has 1 fully saturated rings. The quantitative estimate of drug-likeness (QED) is 0.722. The Morgan fingerprint density at radius 2 is 2.06 bits per heavy atom. The van der Waals surface area contributed by atoms with Gasteiger partial charge in [0.15, 0.2) is 6.10 Å². The fourth-order valence-corrected chi connectivity index (χ4v) is 1.87. The molecule has 0 aromatic heterocycles. The molecule has 0 radical (unpaired) electrons. The van der Waals surface area contributed by atoms with Crippen LogP contribution in [0.2, 0.25) is 5.02 Å². The van der Waals surface area contributed by atoms with Crippen LogP contribution < -0.4 is 11.5 Å². The van der Waals surface area contributed by atoms with Gasteiger partial charge >= 0.3 is 0 Å². The van der Waals surface area contributed by atoms with Crippen molar-refractivity contribution >= 4 is 23.4 Å². The van der Waals surface area contributed by atoms with E-state index in [1.165, 1.54) is 6.07 Å². The monoisotopic (exact) mass is 240 g/mol. The van der Waals surface area contributed by atoms with Gasteiger partial charge in [0.05, 0.1) is 0 Å². The molecular formula is C10H9ClN2O3. The number of nitrogens with two attached hydrogens (primary N) is 2. The maximum absolute atomic E-state index is 11.4. The molecule has 5 nitrogen and oxygen atoms in total. The molecule has 1 aromatic rings. The smallest absolute Gasteiger partial charge is 0.257 e. The van der Waals surface area contributed by atoms with Gasteiger partial charge < -0.3 is 16.2 Å². The molecule has 84 valence electrons. The highest BCUT2D eigenvalue weighted by Gasteiger charge is 2.66. The van der Waals surface area contributed by atoms with Gasteiger partial charge in [0.1, 0.15) is 0 Å². The third-order valence-electron chi connectivity index (χ3n) is 2.49. The van der Waals surface area contributed by atoms with E-state index in [0.29, 0.717) is 10.6 Å². The number of ether oxygens (including phenoxy) is 1. The van der Waals surface area contributed by atoms with E-state index in [0.717, 1.165) is 0 Å². The summed E-state index contributed by atoms with van der Waals surface area (Å²) in [6.07, 6.45) is -1.01. The van der Waals surface area contributed by atoms with Crippen LogP contribution in [0.15, 0.2) is 24.3 Å². The van der Waals surface area contributed by atoms with Crippen LogP contribution in [0.5, 0.6) is 0 Å². The molecular weight excluding hydrogens is 232 g/mol. The molecule has 0 bridgehead atoms. The molecule has 16 heavy (non-hydrogen) atoms. The van der Waals surface area contributed by atoms with Crippen LogP contribution in [0.25, 0.3) is 0 Å². The van der Waals surface area contributed by atoms with Crippen LogP contribution in [-0.4, -0.2) is 17.9 Å². The lowest BCUT2D eigenvalue weighted by molar-refractivity contribution is -0.124. The van der Waals surface area contributed by atoms with Crippen LogP contribution in [0, 0.1) is 0 Å². The van der Waals surface area contributed by atoms with Gasteiger partial charge in [-0.25, -0.2) is 0 Å². The summed E-state index contributed by atoms with van der Waals surface area (Å²) >= 11 is 5.79. The zero-order valence-corrected chi connectivity index (χ0v) is 8.90. The summed E-state index contributed by atoms with van der Waals surface area (Å²) < 4.78 is 5.06. The fraction of sp³-hybridized carbons (Fsp3) is 0.200. The number of amides is 2. The first-order chi connectivity index (χ1) is 7.48. The second-order valence-corrected chi connectivity index (χ2v) is 3.95. The molecule has 1 aliphatic rings. The van der Waals surface area contributed by atoms with Crippen LogP contribution in [0.1, 0.15) is 5.56 Å². The SMILES string of the molecule is NC(=O)C1OC1(C(N)=O)c1cccc(Cl)c1. The van der Waals surface area contributed by atoms with Crippen molar-refractivity contribution in [3.05, 3.63) is 34.9 Å². The van der Waals surface area contributed by atoms with Gasteiger partial charge in [-0.3, -0.25) is 9.59 Å². The van der Waals surface area contributed by atoms with Crippen molar-refractivity contribution in [2.75, 3.05) is 0 Å². The molecule has 4 N–H and O–H groups in total. The number of primary amides is 2. The Hall–Kier alpha value is -1.59. The van der Waals surface area contributed by atoms with E-state index < -0.39 is 23.5 Å². The van der Waals surface area contributed by atoms with Crippen molar-refractivity contribution in [1.82, 2.24) is 0 Å². The maximum Gasteiger partial charge on any atom is 0.257 e. The van der Waals surface area contributed by atoms with Crippen molar-refractivity contribution in [2.24, 2.45) is 11.5 Å². The second kappa shape index (κ2) is 3.47. The lowest BCUT2D eigenvalue weighted by Crippen LogP contribution is -2.36. The first kappa shape index (κ1) is 10.9. The molecule has 1 aliphatic heterocycles. The summed E-state index contributed by atoms with van der Waals surface area (Å²) in [5.41, 5.74) is 9.30. The van der Waals surface area contributed by atoms with Crippen LogP contribution in [0.4, 0.5) is 0 Å². The highest BCUT2D eigenvalue weighted by Crippen LogP contribution is 2.46. The zero-order valence-electron chi connectivity index (χ0n) is 8.14. The predicted octanol–water partition coefficient (Wildman–Crippen LogP) is -0.0953. The summed E-state index contributed by atoms with van der Waals surface area (Å²) in [5, 5.41) is 0.428. The Balaban J connectivity index is 2.44. The minimum atomic E-state index is -1.45. The van der Waals surface area contributed by atoms with Gasteiger partial charge in [-0.1, -0.05) is 23.7 Å². The maximum atomic E-state index is 11.4. The van der Waals surface area contributed by atoms with E-state index in [1.807, 2.05) is 0 Å². The zero-order chi connectivity index (χ0) is 11.9. The predicted molar refractivity (Wildman–Crippen MR) is 56.4 cm³/mol. The van der Waals surface area contributed by atoms with Gasteiger partial charge in [-0.05, 0) is 17.7 Å². The lowest BCUT2D eigenvalue weighted by atomic mass is 9.94. The fourth-order valence-electron chi connectivity index (χ4n) is 1.68. The van der Waals surface area contributed by atoms with Crippen LogP contribution in [0.3, 0.4) is 0 Å². The van der Waals surface area contributed by atoms with E-state index in [9.17, 15) is 9.59 Å². The number of hydrogen-bond donors (Lipinski definition) is 2. The molecule has 2 unspecified atom stereocenters. The number of epoxide rings is 1. The molecule has 0 saturated carbocycles. The third kappa shape index (κ3) is 1.45. The van der Waals surface area contributed by atoms with Gasteiger partial charge in [0.25, 0.3) is 11.8 Å². The minimum Gasteiger partial charge on any atom is -0.367 e. The molecule has 0 spiro atoms. The molecule has 6 heteroatoms. The first-order valence-electron chi connectivity index (χ1n) is 4.51. The summed E-state index contributed by atoms with van der Waals surface area (Å²) in [4.78, 5) is 22.4. The van der Waals surface area contributed by atoms with Crippen LogP contribution >= 0.6 is 11.6 Å². The van der Waals surface area contributed by atoms with E-state index in [2.05, 4.69) is 0 Å². The highest BCUT2D eigenvalue weighted by atomic mass is 35.5. The Labute approximate surface area is 96.3 Å². The average molecular weight is 241 g/mol. The number of hydrogen-bond acceptors (Lipinski definition) is 3. The van der Waals surface area contributed by atoms with Crippen LogP contribution in [-0.2, 0) is 19.9 Å². The van der Waals surface area contributed by atoms with Crippen molar-refractivity contribution in [2.45, 2.75) is 11.7 Å². The standard InChI is InChI=1S/C10H9ClN2O3/c11-6-3-1-2-5(4-6)10(9(13)15)7(16-10)8(12)14/h1-4,7H,(H2,12,14)(H2,13,15). The van der Waals surface area contributed by atoms with Crippen molar-refractivity contribution in [3.8, 4) is 0 Å². The van der Waals surface area contributed by atoms with Crippen molar-refractivity contribution < 1.29 is 14.3 Å². The van der Waals surface area contributed by atoms with Gasteiger partial charge in [-0.2, -0.15) is 0 Å². The third-order valence-corrected chi connectivity index (χ3v) is 2.73. The minimum absolute atomic E-state index is 0.428. The van der Waals surface area contributed by atoms with E-state index in [-0.39, 0.29) is 0 Å². The average Bonchev–Trinajstić information content (AvgIpc) is 2.93. The summed E-state index contributed by atoms with van der Waals surface area (Å²) in [5.74, 6) is -1.47. The molecule has 1 saturated heterocycles. The molecule has 2 amide bonds. The highest BCUT2D eigenvalue weighted by molar-refractivity contribution is 6.30. The number of carbonyl (C=O) groups excluding carboxylic acids is 2. The Kier molecular flexibility index (Phi) is 2.36. The van der Waals surface area contributed by atoms with E-state index >= 15 is 0 Å². The van der Waals surface area contributed by atoms with Gasteiger partial charge in [-0.15, -0.1) is 0 Å². The topological polar surface area (TPSA) is 98.7 Å². The number of carbonyl (C=O) groups is 2. The molecule has 1 heterocycles. The Morgan fingerprint density at radius 1 is 1.38 bits per heavy atom. The molecule has 0 aliphatic carbocycles. The number of benzene rings is 1. The largest absolute Gasteiger partial charge is 0.367 e. The molecule has 2 atom stereocenters. The summed E-state index contributed by atoms with van der Waals surface area (Å²) in [6.45, 7) is 0. The van der Waals surface area contributed by atoms with E-state index in [4.69, 9.17) is 27.8 Å². The Bertz CT molecular complexity index is 477. The summed E-state index contributed by atoms with van der Waals surface area (Å²) in [6, 6.07) is 6.42. The van der Waals surface area contributed by atoms with Crippen molar-refractivity contribution in [3.63, 3.8) is 0 Å². The number of halogens is 1. The number of rotatable bonds is 3. The second-order valence-electron chi connectivity index (χ2n) is 3.51.